The molecule has 4 heteroatoms. The molecule has 0 aliphatic heterocycles. The lowest BCUT2D eigenvalue weighted by atomic mass is 9.93. The average molecular weight is 237 g/mol. The van der Waals surface area contributed by atoms with E-state index in [9.17, 15) is 10.1 Å². The molecule has 0 radical (unpaired) electrons. The summed E-state index contributed by atoms with van der Waals surface area (Å²) >= 11 is 0. The highest BCUT2D eigenvalue weighted by Crippen LogP contribution is 2.23. The van der Waals surface area contributed by atoms with Gasteiger partial charge in [0.05, 0.1) is 18.0 Å². The van der Waals surface area contributed by atoms with Crippen LogP contribution in [-0.2, 0) is 4.79 Å². The smallest absolute Gasteiger partial charge is 0.234 e. The molecule has 3 N–H and O–H groups in total. The molecular weight excluding hydrogens is 214 g/mol. The number of nitrogens with one attached hydrogen (secondary N) is 1. The summed E-state index contributed by atoms with van der Waals surface area (Å²) in [5.41, 5.74) is 5.40. The molecule has 3 unspecified atom stereocenters. The molecule has 17 heavy (non-hydrogen) atoms. The monoisotopic (exact) mass is 237 g/mol. The largest absolute Gasteiger partial charge is 0.368 e. The van der Waals surface area contributed by atoms with Crippen LogP contribution in [-0.4, -0.2) is 18.0 Å². The van der Waals surface area contributed by atoms with Gasteiger partial charge < -0.3 is 11.1 Å². The lowest BCUT2D eigenvalue weighted by molar-refractivity contribution is -0.121. The van der Waals surface area contributed by atoms with Crippen molar-refractivity contribution in [3.8, 4) is 6.07 Å². The van der Waals surface area contributed by atoms with Crippen molar-refractivity contribution in [2.45, 2.75) is 58.0 Å². The third-order valence-electron chi connectivity index (χ3n) is 3.55. The van der Waals surface area contributed by atoms with Crippen LogP contribution in [0.4, 0.5) is 0 Å². The molecule has 0 aromatic heterocycles. The van der Waals surface area contributed by atoms with E-state index in [1.807, 2.05) is 13.8 Å². The van der Waals surface area contributed by atoms with E-state index in [1.54, 1.807) is 0 Å². The number of amides is 1. The molecule has 1 aliphatic carbocycles. The van der Waals surface area contributed by atoms with Gasteiger partial charge in [-0.05, 0) is 18.8 Å². The summed E-state index contributed by atoms with van der Waals surface area (Å²) in [6.07, 6.45) is 5.31. The first-order valence-electron chi connectivity index (χ1n) is 6.51. The summed E-state index contributed by atoms with van der Waals surface area (Å²) in [5, 5.41) is 12.5. The summed E-state index contributed by atoms with van der Waals surface area (Å²) in [7, 11) is 0. The van der Waals surface area contributed by atoms with Gasteiger partial charge in [-0.2, -0.15) is 5.26 Å². The molecule has 0 aromatic rings. The van der Waals surface area contributed by atoms with E-state index in [2.05, 4.69) is 11.4 Å². The van der Waals surface area contributed by atoms with Crippen LogP contribution in [0.1, 0.15) is 46.0 Å². The second-order valence-corrected chi connectivity index (χ2v) is 5.27. The van der Waals surface area contributed by atoms with E-state index in [1.165, 1.54) is 6.42 Å². The quantitative estimate of drug-likeness (QED) is 0.728. The van der Waals surface area contributed by atoms with Gasteiger partial charge in [0, 0.05) is 6.04 Å². The Hall–Kier alpha value is -1.08. The van der Waals surface area contributed by atoms with Crippen molar-refractivity contribution in [1.82, 2.24) is 5.32 Å². The summed E-state index contributed by atoms with van der Waals surface area (Å²) < 4.78 is 0. The average Bonchev–Trinajstić information content (AvgIpc) is 2.49. The van der Waals surface area contributed by atoms with Gasteiger partial charge in [-0.1, -0.05) is 33.1 Å². The van der Waals surface area contributed by atoms with Crippen LogP contribution in [0, 0.1) is 23.2 Å². The molecule has 1 aliphatic rings. The zero-order chi connectivity index (χ0) is 12.8. The van der Waals surface area contributed by atoms with Crippen molar-refractivity contribution in [3.05, 3.63) is 0 Å². The van der Waals surface area contributed by atoms with E-state index in [0.29, 0.717) is 0 Å². The number of hydrogen-bond donors (Lipinski definition) is 2. The molecule has 1 amide bonds. The van der Waals surface area contributed by atoms with Gasteiger partial charge >= 0.3 is 0 Å². The van der Waals surface area contributed by atoms with Crippen molar-refractivity contribution >= 4 is 5.91 Å². The zero-order valence-electron chi connectivity index (χ0n) is 10.8. The minimum absolute atomic E-state index is 0.0121. The van der Waals surface area contributed by atoms with Crippen molar-refractivity contribution in [2.24, 2.45) is 17.6 Å². The van der Waals surface area contributed by atoms with Gasteiger partial charge in [0.15, 0.2) is 0 Å². The Kier molecular flexibility index (Phi) is 5.43. The van der Waals surface area contributed by atoms with E-state index in [4.69, 9.17) is 5.73 Å². The number of primary amides is 1. The van der Waals surface area contributed by atoms with Crippen LogP contribution in [0.25, 0.3) is 0 Å². The molecule has 0 saturated heterocycles. The summed E-state index contributed by atoms with van der Waals surface area (Å²) in [6, 6.07) is 2.15. The maximum Gasteiger partial charge on any atom is 0.234 e. The van der Waals surface area contributed by atoms with Gasteiger partial charge in [0.25, 0.3) is 0 Å². The third-order valence-corrected chi connectivity index (χ3v) is 3.55. The fraction of sp³-hybridized carbons (Fsp3) is 0.846. The number of nitriles is 1. The first-order valence-corrected chi connectivity index (χ1v) is 6.51. The number of rotatable bonds is 4. The van der Waals surface area contributed by atoms with Crippen molar-refractivity contribution in [1.29, 1.82) is 5.26 Å². The summed E-state index contributed by atoms with van der Waals surface area (Å²) in [6.45, 7) is 3.95. The molecule has 3 atom stereocenters. The van der Waals surface area contributed by atoms with E-state index >= 15 is 0 Å². The Morgan fingerprint density at radius 3 is 2.53 bits per heavy atom. The topological polar surface area (TPSA) is 78.9 Å². The standard InChI is InChI=1S/C13H23N3O/c1-9(2)12(13(15)17)16-11-7-5-3-4-6-10(11)8-14/h9-12,16H,3-7H2,1-2H3,(H2,15,17). The highest BCUT2D eigenvalue weighted by molar-refractivity contribution is 5.80. The highest BCUT2D eigenvalue weighted by atomic mass is 16.1. The predicted molar refractivity (Wildman–Crippen MR) is 66.9 cm³/mol. The molecule has 1 rings (SSSR count). The number of carbonyl (C=O) groups excluding carboxylic acids is 1. The first-order chi connectivity index (χ1) is 8.06. The molecule has 1 fully saturated rings. The Bertz CT molecular complexity index is 296. The molecule has 0 aromatic carbocycles. The molecule has 4 nitrogen and oxygen atoms in total. The van der Waals surface area contributed by atoms with Crippen LogP contribution < -0.4 is 11.1 Å². The Morgan fingerprint density at radius 1 is 1.35 bits per heavy atom. The van der Waals surface area contributed by atoms with E-state index < -0.39 is 0 Å². The molecular formula is C13H23N3O. The number of nitrogens with zero attached hydrogens (tertiary/aromatic N) is 1. The van der Waals surface area contributed by atoms with Crippen LogP contribution in [0.5, 0.6) is 0 Å². The first kappa shape index (κ1) is 14.0. The van der Waals surface area contributed by atoms with Crippen LogP contribution in [0.3, 0.4) is 0 Å². The van der Waals surface area contributed by atoms with Crippen LogP contribution in [0.2, 0.25) is 0 Å². The maximum absolute atomic E-state index is 11.4. The molecule has 0 spiro atoms. The Morgan fingerprint density at radius 2 is 2.00 bits per heavy atom. The van der Waals surface area contributed by atoms with Crippen LogP contribution in [0.15, 0.2) is 0 Å². The van der Waals surface area contributed by atoms with E-state index in [-0.39, 0.29) is 29.8 Å². The lowest BCUT2D eigenvalue weighted by Gasteiger charge is -2.27. The van der Waals surface area contributed by atoms with Gasteiger partial charge in [-0.25, -0.2) is 0 Å². The van der Waals surface area contributed by atoms with Crippen molar-refractivity contribution in [2.75, 3.05) is 0 Å². The SMILES string of the molecule is CC(C)C(NC1CCCCCC1C#N)C(N)=O. The zero-order valence-corrected chi connectivity index (χ0v) is 10.8. The minimum atomic E-state index is -0.325. The number of nitrogens with two attached hydrogens (primary N) is 1. The number of hydrogen-bond acceptors (Lipinski definition) is 3. The molecule has 0 bridgehead atoms. The maximum atomic E-state index is 11.4. The fourth-order valence-electron chi connectivity index (χ4n) is 2.50. The molecule has 96 valence electrons. The summed E-state index contributed by atoms with van der Waals surface area (Å²) in [4.78, 5) is 11.4. The summed E-state index contributed by atoms with van der Waals surface area (Å²) in [5.74, 6) is -0.144. The third kappa shape index (κ3) is 4.01. The Labute approximate surface area is 104 Å². The number of carbonyl (C=O) groups is 1. The fourth-order valence-corrected chi connectivity index (χ4v) is 2.50. The van der Waals surface area contributed by atoms with Crippen LogP contribution >= 0.6 is 0 Å². The second kappa shape index (κ2) is 6.61. The lowest BCUT2D eigenvalue weighted by Crippen LogP contribution is -2.51. The predicted octanol–water partition coefficient (Wildman–Crippen LogP) is 1.56. The van der Waals surface area contributed by atoms with E-state index in [0.717, 1.165) is 25.7 Å². The van der Waals surface area contributed by atoms with Gasteiger partial charge in [-0.3, -0.25) is 4.79 Å². The normalized spacial score (nSPS) is 27.2. The molecule has 0 heterocycles. The Balaban J connectivity index is 2.68. The van der Waals surface area contributed by atoms with Crippen molar-refractivity contribution in [3.63, 3.8) is 0 Å². The minimum Gasteiger partial charge on any atom is -0.368 e. The van der Waals surface area contributed by atoms with Gasteiger partial charge in [0.1, 0.15) is 0 Å². The van der Waals surface area contributed by atoms with Gasteiger partial charge in [0.2, 0.25) is 5.91 Å². The van der Waals surface area contributed by atoms with Gasteiger partial charge in [-0.15, -0.1) is 0 Å². The molecule has 1 saturated carbocycles. The van der Waals surface area contributed by atoms with Crippen molar-refractivity contribution < 1.29 is 4.79 Å². The second-order valence-electron chi connectivity index (χ2n) is 5.27. The highest BCUT2D eigenvalue weighted by Gasteiger charge is 2.29.